The highest BCUT2D eigenvalue weighted by atomic mass is 35.5. The van der Waals surface area contributed by atoms with Crippen LogP contribution in [-0.4, -0.2) is 6.61 Å². The molecule has 0 heterocycles. The number of nitrogens with two attached hydrogens (primary N) is 1. The van der Waals surface area contributed by atoms with Gasteiger partial charge < -0.3 is 10.5 Å². The van der Waals surface area contributed by atoms with E-state index in [-0.39, 0.29) is 18.4 Å². The predicted molar refractivity (Wildman–Crippen MR) is 71.3 cm³/mol. The molecule has 1 atom stereocenters. The summed E-state index contributed by atoms with van der Waals surface area (Å²) in [6.07, 6.45) is 3.45. The van der Waals surface area contributed by atoms with Crippen LogP contribution in [0.3, 0.4) is 0 Å². The first-order valence-corrected chi connectivity index (χ1v) is 5.76. The predicted octanol–water partition coefficient (Wildman–Crippen LogP) is 3.70. The first kappa shape index (κ1) is 15.3. The molecule has 1 rings (SSSR count). The molecule has 0 aliphatic heterocycles. The van der Waals surface area contributed by atoms with Gasteiger partial charge in [-0.2, -0.15) is 0 Å². The van der Waals surface area contributed by atoms with Crippen LogP contribution in [0.1, 0.15) is 44.7 Å². The van der Waals surface area contributed by atoms with Crippen LogP contribution in [0.5, 0.6) is 5.75 Å². The number of halogens is 1. The van der Waals surface area contributed by atoms with Crippen LogP contribution in [0.25, 0.3) is 0 Å². The summed E-state index contributed by atoms with van der Waals surface area (Å²) in [5, 5.41) is 0. The Kier molecular flexibility index (Phi) is 8.04. The standard InChI is InChI=1S/C13H21NO.ClH/c1-3-5-6-13(14)11-7-9-12(10-8-11)15-4-2;/h7-10,13H,3-6,14H2,1-2H3;1H/t13-;/m1./s1. The second-order valence-electron chi connectivity index (χ2n) is 3.75. The zero-order valence-electron chi connectivity index (χ0n) is 10.1. The van der Waals surface area contributed by atoms with Gasteiger partial charge in [0.2, 0.25) is 0 Å². The molecule has 2 nitrogen and oxygen atoms in total. The van der Waals surface area contributed by atoms with Crippen molar-refractivity contribution < 1.29 is 4.74 Å². The number of unbranched alkanes of at least 4 members (excludes halogenated alkanes) is 1. The van der Waals surface area contributed by atoms with Gasteiger partial charge in [-0.25, -0.2) is 0 Å². The van der Waals surface area contributed by atoms with E-state index in [0.29, 0.717) is 6.61 Å². The first-order chi connectivity index (χ1) is 7.27. The lowest BCUT2D eigenvalue weighted by Crippen LogP contribution is -2.09. The molecule has 92 valence electrons. The van der Waals surface area contributed by atoms with E-state index in [4.69, 9.17) is 10.5 Å². The van der Waals surface area contributed by atoms with Crippen molar-refractivity contribution in [1.29, 1.82) is 0 Å². The Bertz CT molecular complexity index is 274. The quantitative estimate of drug-likeness (QED) is 0.827. The average molecular weight is 244 g/mol. The van der Waals surface area contributed by atoms with E-state index in [1.807, 2.05) is 19.1 Å². The van der Waals surface area contributed by atoms with Crippen LogP contribution in [0.4, 0.5) is 0 Å². The Labute approximate surface area is 105 Å². The zero-order valence-corrected chi connectivity index (χ0v) is 10.9. The van der Waals surface area contributed by atoms with Crippen molar-refractivity contribution in [2.24, 2.45) is 5.73 Å². The van der Waals surface area contributed by atoms with Crippen LogP contribution < -0.4 is 10.5 Å². The highest BCUT2D eigenvalue weighted by Crippen LogP contribution is 2.19. The maximum atomic E-state index is 6.06. The molecule has 3 heteroatoms. The normalized spacial score (nSPS) is 11.7. The van der Waals surface area contributed by atoms with E-state index in [1.165, 1.54) is 18.4 Å². The summed E-state index contributed by atoms with van der Waals surface area (Å²) < 4.78 is 5.38. The van der Waals surface area contributed by atoms with Crippen LogP contribution in [-0.2, 0) is 0 Å². The van der Waals surface area contributed by atoms with Gasteiger partial charge in [0, 0.05) is 6.04 Å². The molecule has 0 unspecified atom stereocenters. The molecular weight excluding hydrogens is 222 g/mol. The van der Waals surface area contributed by atoms with Crippen molar-refractivity contribution in [3.8, 4) is 5.75 Å². The molecule has 0 fully saturated rings. The van der Waals surface area contributed by atoms with Gasteiger partial charge in [0.25, 0.3) is 0 Å². The summed E-state index contributed by atoms with van der Waals surface area (Å²) in [5.74, 6) is 0.920. The van der Waals surface area contributed by atoms with Crippen LogP contribution in [0.15, 0.2) is 24.3 Å². The molecule has 0 aliphatic carbocycles. The molecule has 16 heavy (non-hydrogen) atoms. The van der Waals surface area contributed by atoms with Crippen molar-refractivity contribution in [2.75, 3.05) is 6.61 Å². The lowest BCUT2D eigenvalue weighted by Gasteiger charge is -2.12. The Balaban J connectivity index is 0.00000225. The Morgan fingerprint density at radius 2 is 1.81 bits per heavy atom. The third-order valence-electron chi connectivity index (χ3n) is 2.49. The number of hydrogen-bond acceptors (Lipinski definition) is 2. The fourth-order valence-electron chi connectivity index (χ4n) is 1.57. The summed E-state index contributed by atoms with van der Waals surface area (Å²) >= 11 is 0. The molecular formula is C13H22ClNO. The fourth-order valence-corrected chi connectivity index (χ4v) is 1.57. The Morgan fingerprint density at radius 3 is 2.31 bits per heavy atom. The van der Waals surface area contributed by atoms with Gasteiger partial charge in [-0.3, -0.25) is 0 Å². The van der Waals surface area contributed by atoms with Gasteiger partial charge in [0.15, 0.2) is 0 Å². The summed E-state index contributed by atoms with van der Waals surface area (Å²) in [6.45, 7) is 4.88. The van der Waals surface area contributed by atoms with E-state index >= 15 is 0 Å². The van der Waals surface area contributed by atoms with Gasteiger partial charge in [-0.1, -0.05) is 31.9 Å². The number of rotatable bonds is 6. The minimum absolute atomic E-state index is 0. The maximum Gasteiger partial charge on any atom is 0.119 e. The molecule has 0 bridgehead atoms. The van der Waals surface area contributed by atoms with Gasteiger partial charge in [-0.15, -0.1) is 12.4 Å². The number of ether oxygens (including phenoxy) is 1. The van der Waals surface area contributed by atoms with Crippen LogP contribution >= 0.6 is 12.4 Å². The largest absolute Gasteiger partial charge is 0.494 e. The van der Waals surface area contributed by atoms with Crippen molar-refractivity contribution in [1.82, 2.24) is 0 Å². The van der Waals surface area contributed by atoms with Crippen LogP contribution in [0.2, 0.25) is 0 Å². The van der Waals surface area contributed by atoms with E-state index in [2.05, 4.69) is 19.1 Å². The second-order valence-corrected chi connectivity index (χ2v) is 3.75. The van der Waals surface area contributed by atoms with Crippen molar-refractivity contribution >= 4 is 12.4 Å². The minimum Gasteiger partial charge on any atom is -0.494 e. The zero-order chi connectivity index (χ0) is 11.1. The summed E-state index contributed by atoms with van der Waals surface area (Å²) in [5.41, 5.74) is 7.27. The average Bonchev–Trinajstić information content (AvgIpc) is 2.27. The number of benzene rings is 1. The molecule has 0 aromatic heterocycles. The summed E-state index contributed by atoms with van der Waals surface area (Å²) in [4.78, 5) is 0. The molecule has 0 amide bonds. The lowest BCUT2D eigenvalue weighted by molar-refractivity contribution is 0.340. The molecule has 0 saturated carbocycles. The Morgan fingerprint density at radius 1 is 1.19 bits per heavy atom. The van der Waals surface area contributed by atoms with Crippen molar-refractivity contribution in [3.63, 3.8) is 0 Å². The monoisotopic (exact) mass is 243 g/mol. The summed E-state index contributed by atoms with van der Waals surface area (Å²) in [7, 11) is 0. The minimum atomic E-state index is 0. The van der Waals surface area contributed by atoms with Crippen molar-refractivity contribution in [2.45, 2.75) is 39.2 Å². The third kappa shape index (κ3) is 4.86. The summed E-state index contributed by atoms with van der Waals surface area (Å²) in [6, 6.07) is 8.27. The van der Waals surface area contributed by atoms with E-state index in [0.717, 1.165) is 12.2 Å². The highest BCUT2D eigenvalue weighted by molar-refractivity contribution is 5.85. The smallest absolute Gasteiger partial charge is 0.119 e. The second kappa shape index (κ2) is 8.43. The molecule has 1 aromatic rings. The van der Waals surface area contributed by atoms with E-state index < -0.39 is 0 Å². The van der Waals surface area contributed by atoms with Gasteiger partial charge >= 0.3 is 0 Å². The Hall–Kier alpha value is -0.730. The van der Waals surface area contributed by atoms with Crippen molar-refractivity contribution in [3.05, 3.63) is 29.8 Å². The fraction of sp³-hybridized carbons (Fsp3) is 0.538. The lowest BCUT2D eigenvalue weighted by atomic mass is 10.0. The highest BCUT2D eigenvalue weighted by Gasteiger charge is 2.04. The van der Waals surface area contributed by atoms with Gasteiger partial charge in [-0.05, 0) is 31.0 Å². The van der Waals surface area contributed by atoms with Gasteiger partial charge in [0.1, 0.15) is 5.75 Å². The number of hydrogen-bond donors (Lipinski definition) is 1. The molecule has 2 N–H and O–H groups in total. The topological polar surface area (TPSA) is 35.2 Å². The maximum absolute atomic E-state index is 6.06. The molecule has 0 spiro atoms. The van der Waals surface area contributed by atoms with Gasteiger partial charge in [0.05, 0.1) is 6.61 Å². The first-order valence-electron chi connectivity index (χ1n) is 5.76. The third-order valence-corrected chi connectivity index (χ3v) is 2.49. The SMILES string of the molecule is CCCC[C@@H](N)c1ccc(OCC)cc1.Cl. The molecule has 0 aliphatic rings. The molecule has 0 saturated heterocycles. The molecule has 1 aromatic carbocycles. The molecule has 0 radical (unpaired) electrons. The van der Waals surface area contributed by atoms with E-state index in [9.17, 15) is 0 Å². The van der Waals surface area contributed by atoms with Crippen LogP contribution in [0, 0.1) is 0 Å². The van der Waals surface area contributed by atoms with E-state index in [1.54, 1.807) is 0 Å².